The summed E-state index contributed by atoms with van der Waals surface area (Å²) in [4.78, 5) is 4.26. The van der Waals surface area contributed by atoms with Crippen molar-refractivity contribution in [2.45, 2.75) is 13.5 Å². The van der Waals surface area contributed by atoms with Crippen molar-refractivity contribution in [3.05, 3.63) is 36.3 Å². The molecule has 0 atom stereocenters. The molecule has 0 spiro atoms. The third-order valence-electron chi connectivity index (χ3n) is 2.97. The van der Waals surface area contributed by atoms with E-state index in [1.807, 2.05) is 35.7 Å². The van der Waals surface area contributed by atoms with Crippen LogP contribution >= 0.6 is 0 Å². The number of hydrogen-bond acceptors (Lipinski definition) is 3. The molecule has 2 heterocycles. The average Bonchev–Trinajstić information content (AvgIpc) is 2.78. The summed E-state index contributed by atoms with van der Waals surface area (Å²) in [5, 5.41) is 0. The van der Waals surface area contributed by atoms with Crippen LogP contribution in [0.5, 0.6) is 0 Å². The highest BCUT2D eigenvalue weighted by atomic mass is 32.2. The quantitative estimate of drug-likeness (QED) is 0.821. The van der Waals surface area contributed by atoms with E-state index in [1.54, 1.807) is 6.20 Å². The van der Waals surface area contributed by atoms with Crippen LogP contribution < -0.4 is 0 Å². The first-order valence-electron chi connectivity index (χ1n) is 6.05. The summed E-state index contributed by atoms with van der Waals surface area (Å²) in [6.45, 7) is 2.55. The highest BCUT2D eigenvalue weighted by molar-refractivity contribution is 7.86. The van der Waals surface area contributed by atoms with Crippen molar-refractivity contribution in [1.82, 2.24) is 18.0 Å². The Labute approximate surface area is 113 Å². The van der Waals surface area contributed by atoms with Gasteiger partial charge in [0.25, 0.3) is 10.2 Å². The fraction of sp³-hybridized carbons (Fsp3) is 0.417. The Morgan fingerprint density at radius 1 is 1.32 bits per heavy atom. The van der Waals surface area contributed by atoms with E-state index in [0.717, 1.165) is 11.3 Å². The Morgan fingerprint density at radius 2 is 2.05 bits per heavy atom. The number of hydrogen-bond donors (Lipinski definition) is 0. The average molecular weight is 282 g/mol. The maximum atomic E-state index is 12.1. The van der Waals surface area contributed by atoms with Crippen molar-refractivity contribution in [2.75, 3.05) is 20.6 Å². The standard InChI is InChI=1S/C12H18N4O2S/c1-4-15(19(17,18)14(2)3)10-11-9-13-12-7-5-6-8-16(11)12/h5-9H,4,10H2,1-3H3. The summed E-state index contributed by atoms with van der Waals surface area (Å²) in [5.74, 6) is 0. The summed E-state index contributed by atoms with van der Waals surface area (Å²) in [6.07, 6.45) is 3.59. The first kappa shape index (κ1) is 14.0. The lowest BCUT2D eigenvalue weighted by Crippen LogP contribution is -2.39. The lowest BCUT2D eigenvalue weighted by Gasteiger charge is -2.23. The lowest BCUT2D eigenvalue weighted by atomic mass is 10.4. The van der Waals surface area contributed by atoms with Gasteiger partial charge in [0.2, 0.25) is 0 Å². The number of rotatable bonds is 5. The molecule has 0 aliphatic heterocycles. The zero-order chi connectivity index (χ0) is 14.0. The summed E-state index contributed by atoms with van der Waals surface area (Å²) in [6, 6.07) is 5.69. The molecule has 0 amide bonds. The van der Waals surface area contributed by atoms with Crippen LogP contribution in [0.4, 0.5) is 0 Å². The molecule has 0 fully saturated rings. The molecule has 0 saturated carbocycles. The van der Waals surface area contributed by atoms with Crippen LogP contribution in [0.25, 0.3) is 5.65 Å². The molecule has 2 aromatic heterocycles. The van der Waals surface area contributed by atoms with E-state index in [2.05, 4.69) is 4.98 Å². The van der Waals surface area contributed by atoms with E-state index in [0.29, 0.717) is 13.1 Å². The van der Waals surface area contributed by atoms with Gasteiger partial charge >= 0.3 is 0 Å². The minimum Gasteiger partial charge on any atom is -0.303 e. The van der Waals surface area contributed by atoms with Gasteiger partial charge in [0.15, 0.2) is 0 Å². The van der Waals surface area contributed by atoms with Gasteiger partial charge in [0.05, 0.1) is 18.4 Å². The Morgan fingerprint density at radius 3 is 2.68 bits per heavy atom. The van der Waals surface area contributed by atoms with Crippen LogP contribution in [0.1, 0.15) is 12.6 Å². The van der Waals surface area contributed by atoms with E-state index < -0.39 is 10.2 Å². The van der Waals surface area contributed by atoms with Crippen molar-refractivity contribution in [3.8, 4) is 0 Å². The molecular formula is C12H18N4O2S. The monoisotopic (exact) mass is 282 g/mol. The van der Waals surface area contributed by atoms with Gasteiger partial charge in [0.1, 0.15) is 5.65 Å². The van der Waals surface area contributed by atoms with Gasteiger partial charge in [-0.15, -0.1) is 0 Å². The highest BCUT2D eigenvalue weighted by Crippen LogP contribution is 2.13. The highest BCUT2D eigenvalue weighted by Gasteiger charge is 2.23. The third-order valence-corrected chi connectivity index (χ3v) is 4.94. The molecule has 0 radical (unpaired) electrons. The molecule has 0 N–H and O–H groups in total. The van der Waals surface area contributed by atoms with E-state index in [4.69, 9.17) is 0 Å². The van der Waals surface area contributed by atoms with Gasteiger partial charge in [-0.05, 0) is 12.1 Å². The number of nitrogens with zero attached hydrogens (tertiary/aromatic N) is 4. The molecule has 0 aliphatic rings. The normalized spacial score (nSPS) is 12.7. The maximum Gasteiger partial charge on any atom is 0.281 e. The molecule has 104 valence electrons. The largest absolute Gasteiger partial charge is 0.303 e. The Kier molecular flexibility index (Phi) is 3.88. The van der Waals surface area contributed by atoms with Gasteiger partial charge in [-0.1, -0.05) is 13.0 Å². The Hall–Kier alpha value is -1.44. The fourth-order valence-corrected chi connectivity index (χ4v) is 2.95. The number of fused-ring (bicyclic) bond motifs is 1. The molecule has 6 nitrogen and oxygen atoms in total. The van der Waals surface area contributed by atoms with E-state index in [-0.39, 0.29) is 0 Å². The van der Waals surface area contributed by atoms with Crippen molar-refractivity contribution in [1.29, 1.82) is 0 Å². The minimum atomic E-state index is -3.41. The zero-order valence-corrected chi connectivity index (χ0v) is 12.1. The van der Waals surface area contributed by atoms with Crippen molar-refractivity contribution in [3.63, 3.8) is 0 Å². The molecule has 0 unspecified atom stereocenters. The van der Waals surface area contributed by atoms with Gasteiger partial charge in [-0.2, -0.15) is 17.0 Å². The van der Waals surface area contributed by atoms with Crippen LogP contribution in [0, 0.1) is 0 Å². The zero-order valence-electron chi connectivity index (χ0n) is 11.3. The SMILES string of the molecule is CCN(Cc1cnc2ccccn12)S(=O)(=O)N(C)C. The van der Waals surface area contributed by atoms with Crippen molar-refractivity contribution < 1.29 is 8.42 Å². The molecule has 2 aromatic rings. The molecule has 0 bridgehead atoms. The summed E-state index contributed by atoms with van der Waals surface area (Å²) in [7, 11) is -0.340. The van der Waals surface area contributed by atoms with Crippen LogP contribution in [0.15, 0.2) is 30.6 Å². The molecule has 7 heteroatoms. The van der Waals surface area contributed by atoms with Crippen LogP contribution in [-0.2, 0) is 16.8 Å². The second-order valence-corrected chi connectivity index (χ2v) is 6.54. The molecule has 2 rings (SSSR count). The number of aromatic nitrogens is 2. The lowest BCUT2D eigenvalue weighted by molar-refractivity contribution is 0.379. The Balaban J connectivity index is 2.34. The van der Waals surface area contributed by atoms with Crippen molar-refractivity contribution in [2.24, 2.45) is 0 Å². The number of imidazole rings is 1. The van der Waals surface area contributed by atoms with Crippen molar-refractivity contribution >= 4 is 15.9 Å². The molecule has 0 saturated heterocycles. The molecular weight excluding hydrogens is 264 g/mol. The smallest absolute Gasteiger partial charge is 0.281 e. The second kappa shape index (κ2) is 5.28. The van der Waals surface area contributed by atoms with Gasteiger partial charge in [-0.25, -0.2) is 4.98 Å². The first-order valence-corrected chi connectivity index (χ1v) is 7.45. The predicted molar refractivity (Wildman–Crippen MR) is 73.9 cm³/mol. The summed E-state index contributed by atoms with van der Waals surface area (Å²) in [5.41, 5.74) is 1.67. The van der Waals surface area contributed by atoms with Gasteiger partial charge in [-0.3, -0.25) is 0 Å². The second-order valence-electron chi connectivity index (χ2n) is 4.39. The fourth-order valence-electron chi connectivity index (χ4n) is 1.87. The summed E-state index contributed by atoms with van der Waals surface area (Å²) < 4.78 is 28.8. The predicted octanol–water partition coefficient (Wildman–Crippen LogP) is 0.963. The summed E-state index contributed by atoms with van der Waals surface area (Å²) >= 11 is 0. The minimum absolute atomic E-state index is 0.308. The Bertz CT molecular complexity index is 663. The van der Waals surface area contributed by atoms with E-state index >= 15 is 0 Å². The maximum absolute atomic E-state index is 12.1. The molecule has 19 heavy (non-hydrogen) atoms. The van der Waals surface area contributed by atoms with Crippen LogP contribution in [0.3, 0.4) is 0 Å². The third kappa shape index (κ3) is 2.63. The van der Waals surface area contributed by atoms with E-state index in [9.17, 15) is 8.42 Å². The molecule has 0 aromatic carbocycles. The van der Waals surface area contributed by atoms with Crippen LogP contribution in [-0.4, -0.2) is 47.1 Å². The van der Waals surface area contributed by atoms with Gasteiger partial charge in [0, 0.05) is 26.8 Å². The number of pyridine rings is 1. The van der Waals surface area contributed by atoms with E-state index in [1.165, 1.54) is 22.7 Å². The van der Waals surface area contributed by atoms with Crippen LogP contribution in [0.2, 0.25) is 0 Å². The molecule has 0 aliphatic carbocycles. The topological polar surface area (TPSA) is 57.9 Å². The first-order chi connectivity index (χ1) is 8.96. The van der Waals surface area contributed by atoms with Gasteiger partial charge < -0.3 is 4.40 Å².